The molecule has 0 spiro atoms. The molecule has 4 atom stereocenters. The van der Waals surface area contributed by atoms with Crippen molar-refractivity contribution in [3.63, 3.8) is 0 Å². The summed E-state index contributed by atoms with van der Waals surface area (Å²) in [6, 6.07) is 18.6. The summed E-state index contributed by atoms with van der Waals surface area (Å²) in [6.45, 7) is 0. The first-order chi connectivity index (χ1) is 13.5. The predicted octanol–water partition coefficient (Wildman–Crippen LogP) is 2.72. The van der Waals surface area contributed by atoms with Crippen molar-refractivity contribution in [1.82, 2.24) is 4.90 Å². The molecule has 2 fully saturated rings. The minimum atomic E-state index is -1.83. The van der Waals surface area contributed by atoms with Gasteiger partial charge in [0.25, 0.3) is 0 Å². The first-order valence-corrected chi connectivity index (χ1v) is 9.83. The number of hydrogen-bond acceptors (Lipinski definition) is 5. The quantitative estimate of drug-likeness (QED) is 0.807. The van der Waals surface area contributed by atoms with Gasteiger partial charge in [-0.15, -0.1) is 0 Å². The zero-order valence-corrected chi connectivity index (χ0v) is 16.3. The van der Waals surface area contributed by atoms with Crippen LogP contribution in [0.15, 0.2) is 60.7 Å². The van der Waals surface area contributed by atoms with E-state index in [1.54, 1.807) is 31.4 Å². The smallest absolute Gasteiger partial charge is 0.347 e. The third kappa shape index (κ3) is 3.24. The number of piperidine rings is 1. The molecule has 148 valence electrons. The van der Waals surface area contributed by atoms with E-state index in [-0.39, 0.29) is 18.2 Å². The zero-order valence-electron chi connectivity index (χ0n) is 16.3. The minimum Gasteiger partial charge on any atom is -0.460 e. The Kier molecular flexibility index (Phi) is 5.23. The van der Waals surface area contributed by atoms with E-state index in [0.29, 0.717) is 17.2 Å². The number of aliphatic hydroxyl groups is 1. The Morgan fingerprint density at radius 2 is 1.57 bits per heavy atom. The van der Waals surface area contributed by atoms with Crippen LogP contribution in [0.3, 0.4) is 0 Å². The maximum absolute atomic E-state index is 13.3. The summed E-state index contributed by atoms with van der Waals surface area (Å²) in [6.07, 6.45) is 2.38. The van der Waals surface area contributed by atoms with Gasteiger partial charge in [-0.2, -0.15) is 0 Å². The highest BCUT2D eigenvalue weighted by atomic mass is 16.6. The molecule has 5 heteroatoms. The molecule has 28 heavy (non-hydrogen) atoms. The number of fused-ring (bicyclic) bond motifs is 2. The highest BCUT2D eigenvalue weighted by molar-refractivity contribution is 5.85. The summed E-state index contributed by atoms with van der Waals surface area (Å²) in [5.41, 5.74) is -0.806. The van der Waals surface area contributed by atoms with Gasteiger partial charge < -0.3 is 14.6 Å². The van der Waals surface area contributed by atoms with Crippen molar-refractivity contribution in [1.29, 1.82) is 0 Å². The fraction of sp³-hybridized carbons (Fsp3) is 0.435. The number of benzene rings is 2. The van der Waals surface area contributed by atoms with Gasteiger partial charge in [-0.1, -0.05) is 60.7 Å². The van der Waals surface area contributed by atoms with Crippen LogP contribution >= 0.6 is 0 Å². The molecule has 0 aliphatic carbocycles. The Morgan fingerprint density at radius 1 is 1.00 bits per heavy atom. The summed E-state index contributed by atoms with van der Waals surface area (Å²) < 4.78 is 11.5. The third-order valence-electron chi connectivity index (χ3n) is 6.33. The van der Waals surface area contributed by atoms with E-state index < -0.39 is 11.6 Å². The number of ether oxygens (including phenoxy) is 2. The lowest BCUT2D eigenvalue weighted by Gasteiger charge is -2.38. The molecular formula is C23H27NO4. The van der Waals surface area contributed by atoms with Crippen LogP contribution in [0.1, 0.15) is 30.4 Å². The molecule has 2 heterocycles. The predicted molar refractivity (Wildman–Crippen MR) is 106 cm³/mol. The van der Waals surface area contributed by atoms with Gasteiger partial charge in [0.05, 0.1) is 6.10 Å². The maximum atomic E-state index is 13.3. The van der Waals surface area contributed by atoms with Crippen molar-refractivity contribution in [2.45, 2.75) is 49.2 Å². The van der Waals surface area contributed by atoms with E-state index in [2.05, 4.69) is 11.9 Å². The average Bonchev–Trinajstić information content (AvgIpc) is 2.91. The lowest BCUT2D eigenvalue weighted by molar-refractivity contribution is -0.171. The van der Waals surface area contributed by atoms with Gasteiger partial charge in [0.15, 0.2) is 0 Å². The molecule has 5 nitrogen and oxygen atoms in total. The molecule has 0 saturated carbocycles. The molecule has 1 unspecified atom stereocenters. The first-order valence-electron chi connectivity index (χ1n) is 9.83. The van der Waals surface area contributed by atoms with Crippen molar-refractivity contribution in [2.24, 2.45) is 0 Å². The van der Waals surface area contributed by atoms with Crippen LogP contribution in [0, 0.1) is 0 Å². The Bertz CT molecular complexity index is 770. The number of nitrogens with zero attached hydrogens (tertiary/aromatic N) is 1. The molecule has 1 N–H and O–H groups in total. The molecule has 2 saturated heterocycles. The van der Waals surface area contributed by atoms with E-state index in [1.807, 2.05) is 36.4 Å². The molecular weight excluding hydrogens is 354 g/mol. The van der Waals surface area contributed by atoms with Crippen LogP contribution in [-0.2, 0) is 19.9 Å². The molecule has 2 bridgehead atoms. The van der Waals surface area contributed by atoms with Gasteiger partial charge in [-0.05, 0) is 24.6 Å². The topological polar surface area (TPSA) is 59.0 Å². The maximum Gasteiger partial charge on any atom is 0.347 e. The molecule has 0 aromatic heterocycles. The van der Waals surface area contributed by atoms with Crippen LogP contribution in [0.4, 0.5) is 0 Å². The summed E-state index contributed by atoms with van der Waals surface area (Å²) in [5, 5.41) is 11.5. The Labute approximate surface area is 165 Å². The highest BCUT2D eigenvalue weighted by Gasteiger charge is 2.48. The minimum absolute atomic E-state index is 0.167. The Morgan fingerprint density at radius 3 is 2.11 bits per heavy atom. The van der Waals surface area contributed by atoms with Crippen molar-refractivity contribution in [3.8, 4) is 0 Å². The van der Waals surface area contributed by atoms with Crippen molar-refractivity contribution >= 4 is 5.97 Å². The third-order valence-corrected chi connectivity index (χ3v) is 6.33. The van der Waals surface area contributed by atoms with Crippen LogP contribution < -0.4 is 0 Å². The number of rotatable bonds is 5. The molecule has 4 rings (SSSR count). The number of likely N-dealkylation sites (N-methyl/N-ethyl adjacent to an activating group) is 1. The standard InChI is InChI=1S/C23H27NO4/c1-24-18-13-19(15-20(24)21(14-18)27-2)28-22(25)23(26,16-9-5-3-6-10-16)17-11-7-4-8-12-17/h3-12,18-21,26H,13-15H2,1-2H3/t18-,19-,20+,21?/m1/s1. The van der Waals surface area contributed by atoms with Crippen LogP contribution in [0.25, 0.3) is 0 Å². The van der Waals surface area contributed by atoms with E-state index in [9.17, 15) is 9.90 Å². The van der Waals surface area contributed by atoms with E-state index >= 15 is 0 Å². The van der Waals surface area contributed by atoms with E-state index in [4.69, 9.17) is 9.47 Å². The lowest BCUT2D eigenvalue weighted by Crippen LogP contribution is -2.48. The summed E-state index contributed by atoms with van der Waals surface area (Å²) in [5.74, 6) is -0.618. The summed E-state index contributed by atoms with van der Waals surface area (Å²) in [4.78, 5) is 15.6. The second kappa shape index (κ2) is 7.66. The largest absolute Gasteiger partial charge is 0.460 e. The Balaban J connectivity index is 1.59. The second-order valence-corrected chi connectivity index (χ2v) is 7.84. The number of methoxy groups -OCH3 is 1. The molecule has 2 aliphatic rings. The van der Waals surface area contributed by atoms with Crippen molar-refractivity contribution < 1.29 is 19.4 Å². The van der Waals surface area contributed by atoms with Crippen LogP contribution in [0.2, 0.25) is 0 Å². The second-order valence-electron chi connectivity index (χ2n) is 7.84. The van der Waals surface area contributed by atoms with E-state index in [0.717, 1.165) is 19.3 Å². The van der Waals surface area contributed by atoms with Gasteiger partial charge in [0.1, 0.15) is 6.10 Å². The van der Waals surface area contributed by atoms with Crippen molar-refractivity contribution in [3.05, 3.63) is 71.8 Å². The first kappa shape index (κ1) is 19.1. The summed E-state index contributed by atoms with van der Waals surface area (Å²) >= 11 is 0. The van der Waals surface area contributed by atoms with Gasteiger partial charge in [0, 0.05) is 32.0 Å². The fourth-order valence-corrected chi connectivity index (χ4v) is 4.72. The van der Waals surface area contributed by atoms with Crippen LogP contribution in [-0.4, -0.2) is 54.4 Å². The van der Waals surface area contributed by atoms with Gasteiger partial charge >= 0.3 is 5.97 Å². The molecule has 2 aliphatic heterocycles. The van der Waals surface area contributed by atoms with Crippen LogP contribution in [0.5, 0.6) is 0 Å². The average molecular weight is 381 g/mol. The normalized spacial score (nSPS) is 27.5. The SMILES string of the molecule is COC1C[C@H]2C[C@@H](OC(=O)C(O)(c3ccccc3)c3ccccc3)C[C@@H]1N2C. The monoisotopic (exact) mass is 381 g/mol. The van der Waals surface area contributed by atoms with Gasteiger partial charge in [0.2, 0.25) is 5.60 Å². The van der Waals surface area contributed by atoms with Gasteiger partial charge in [-0.25, -0.2) is 4.79 Å². The van der Waals surface area contributed by atoms with Gasteiger partial charge in [-0.3, -0.25) is 4.90 Å². The highest BCUT2D eigenvalue weighted by Crippen LogP contribution is 2.39. The molecule has 0 radical (unpaired) electrons. The molecule has 0 amide bonds. The number of esters is 1. The van der Waals surface area contributed by atoms with Crippen molar-refractivity contribution in [2.75, 3.05) is 14.2 Å². The number of carbonyl (C=O) groups is 1. The molecule has 2 aromatic rings. The zero-order chi connectivity index (χ0) is 19.7. The summed E-state index contributed by atoms with van der Waals surface area (Å²) in [7, 11) is 3.85. The number of carbonyl (C=O) groups excluding carboxylic acids is 1. The number of hydrogen-bond donors (Lipinski definition) is 1. The van der Waals surface area contributed by atoms with E-state index in [1.165, 1.54) is 0 Å². The lowest BCUT2D eigenvalue weighted by atomic mass is 9.86. The Hall–Kier alpha value is -2.21. The molecule has 2 aromatic carbocycles. The fourth-order valence-electron chi connectivity index (χ4n) is 4.72.